The number of benzene rings is 1. The second-order valence-electron chi connectivity index (χ2n) is 4.64. The van der Waals surface area contributed by atoms with E-state index in [2.05, 4.69) is 0 Å². The van der Waals surface area contributed by atoms with Gasteiger partial charge in [0.05, 0.1) is 5.92 Å². The van der Waals surface area contributed by atoms with Crippen LogP contribution in [-0.2, 0) is 16.1 Å². The van der Waals surface area contributed by atoms with Gasteiger partial charge in [-0.1, -0.05) is 37.8 Å². The Hall–Kier alpha value is -2.04. The number of aliphatic carboxylic acids is 1. The lowest BCUT2D eigenvalue weighted by Crippen LogP contribution is -2.40. The topological polar surface area (TPSA) is 66.8 Å². The molecule has 0 atom stereocenters. The van der Waals surface area contributed by atoms with E-state index in [4.69, 9.17) is 9.84 Å². The molecule has 5 nitrogen and oxygen atoms in total. The number of carbonyl (C=O) groups excluding carboxylic acids is 1. The lowest BCUT2D eigenvalue weighted by Gasteiger charge is -2.29. The number of rotatable bonds is 3. The van der Waals surface area contributed by atoms with Gasteiger partial charge in [0.15, 0.2) is 0 Å². The molecule has 5 heteroatoms. The summed E-state index contributed by atoms with van der Waals surface area (Å²) in [5, 5.41) is 8.88. The van der Waals surface area contributed by atoms with E-state index in [0.29, 0.717) is 25.9 Å². The van der Waals surface area contributed by atoms with E-state index in [1.807, 2.05) is 30.3 Å². The van der Waals surface area contributed by atoms with Crippen LogP contribution >= 0.6 is 0 Å². The minimum absolute atomic E-state index is 0. The number of amides is 1. The number of likely N-dealkylation sites (tertiary alicyclic amines) is 1. The van der Waals surface area contributed by atoms with Crippen molar-refractivity contribution in [2.24, 2.45) is 5.92 Å². The third-order valence-corrected chi connectivity index (χ3v) is 3.31. The summed E-state index contributed by atoms with van der Waals surface area (Å²) in [6.45, 7) is 1.15. The van der Waals surface area contributed by atoms with Crippen molar-refractivity contribution in [3.8, 4) is 0 Å². The van der Waals surface area contributed by atoms with E-state index in [-0.39, 0.29) is 26.0 Å². The number of carboxylic acids is 1. The number of piperidine rings is 1. The third-order valence-electron chi connectivity index (χ3n) is 3.31. The summed E-state index contributed by atoms with van der Waals surface area (Å²) in [5.74, 6) is -1.12. The van der Waals surface area contributed by atoms with E-state index in [0.717, 1.165) is 5.56 Å². The molecule has 1 amide bonds. The molecule has 1 aliphatic heterocycles. The molecule has 0 aromatic heterocycles. The van der Waals surface area contributed by atoms with Crippen molar-refractivity contribution >= 4 is 12.1 Å². The van der Waals surface area contributed by atoms with E-state index in [1.165, 1.54) is 0 Å². The highest BCUT2D eigenvalue weighted by atomic mass is 16.6. The van der Waals surface area contributed by atoms with Gasteiger partial charge in [0.1, 0.15) is 6.61 Å². The molecule has 1 saturated heterocycles. The van der Waals surface area contributed by atoms with E-state index < -0.39 is 5.97 Å². The SMILES string of the molecule is C.O=C(O)C1CCN(C(=O)OCc2ccccc2)CC1. The van der Waals surface area contributed by atoms with Crippen LogP contribution < -0.4 is 0 Å². The first-order valence-electron chi connectivity index (χ1n) is 6.35. The Kier molecular flexibility index (Phi) is 6.03. The van der Waals surface area contributed by atoms with Crippen molar-refractivity contribution < 1.29 is 19.4 Å². The number of nitrogens with zero attached hydrogens (tertiary/aromatic N) is 1. The Morgan fingerprint density at radius 1 is 1.20 bits per heavy atom. The smallest absolute Gasteiger partial charge is 0.410 e. The van der Waals surface area contributed by atoms with Gasteiger partial charge in [-0.05, 0) is 18.4 Å². The second-order valence-corrected chi connectivity index (χ2v) is 4.64. The van der Waals surface area contributed by atoms with Gasteiger partial charge in [-0.2, -0.15) is 0 Å². The van der Waals surface area contributed by atoms with E-state index >= 15 is 0 Å². The zero-order valence-corrected chi connectivity index (χ0v) is 10.6. The summed E-state index contributed by atoms with van der Waals surface area (Å²) in [6, 6.07) is 9.47. The molecule has 1 aliphatic rings. The molecule has 0 bridgehead atoms. The minimum atomic E-state index is -0.780. The van der Waals surface area contributed by atoms with Gasteiger partial charge in [0.25, 0.3) is 0 Å². The predicted molar refractivity (Wildman–Crippen MR) is 75.3 cm³/mol. The van der Waals surface area contributed by atoms with Crippen molar-refractivity contribution in [3.63, 3.8) is 0 Å². The first-order valence-corrected chi connectivity index (χ1v) is 6.35. The molecule has 1 aromatic rings. The monoisotopic (exact) mass is 279 g/mol. The molecule has 1 N–H and O–H groups in total. The Labute approximate surface area is 119 Å². The lowest BCUT2D eigenvalue weighted by atomic mass is 9.97. The summed E-state index contributed by atoms with van der Waals surface area (Å²) in [7, 11) is 0. The Morgan fingerprint density at radius 2 is 1.80 bits per heavy atom. The minimum Gasteiger partial charge on any atom is -0.481 e. The van der Waals surface area contributed by atoms with Gasteiger partial charge in [0.2, 0.25) is 0 Å². The first-order chi connectivity index (χ1) is 9.16. The highest BCUT2D eigenvalue weighted by Crippen LogP contribution is 2.18. The molecule has 1 heterocycles. The molecule has 2 rings (SSSR count). The Bertz CT molecular complexity index is 438. The van der Waals surface area contributed by atoms with E-state index in [9.17, 15) is 9.59 Å². The fourth-order valence-corrected chi connectivity index (χ4v) is 2.12. The summed E-state index contributed by atoms with van der Waals surface area (Å²) in [4.78, 5) is 24.2. The van der Waals surface area contributed by atoms with Crippen molar-refractivity contribution in [1.29, 1.82) is 0 Å². The average molecular weight is 279 g/mol. The molecule has 1 fully saturated rings. The number of ether oxygens (including phenoxy) is 1. The fraction of sp³-hybridized carbons (Fsp3) is 0.467. The Balaban J connectivity index is 0.00000200. The van der Waals surface area contributed by atoms with E-state index in [1.54, 1.807) is 4.90 Å². The lowest BCUT2D eigenvalue weighted by molar-refractivity contribution is -0.143. The van der Waals surface area contributed by atoms with Gasteiger partial charge in [-0.25, -0.2) is 4.79 Å². The number of hydrogen-bond donors (Lipinski definition) is 1. The normalized spacial score (nSPS) is 15.3. The highest BCUT2D eigenvalue weighted by molar-refractivity contribution is 5.71. The molecule has 0 radical (unpaired) electrons. The average Bonchev–Trinajstić information content (AvgIpc) is 2.46. The van der Waals surface area contributed by atoms with Crippen molar-refractivity contribution in [2.45, 2.75) is 26.9 Å². The molecule has 0 saturated carbocycles. The molecule has 110 valence electrons. The highest BCUT2D eigenvalue weighted by Gasteiger charge is 2.27. The van der Waals surface area contributed by atoms with Crippen molar-refractivity contribution in [2.75, 3.05) is 13.1 Å². The van der Waals surface area contributed by atoms with Crippen LogP contribution in [-0.4, -0.2) is 35.2 Å². The van der Waals surface area contributed by atoms with Crippen LogP contribution in [0.5, 0.6) is 0 Å². The summed E-state index contributed by atoms with van der Waals surface area (Å²) >= 11 is 0. The zero-order chi connectivity index (χ0) is 13.7. The van der Waals surface area contributed by atoms with Crippen LogP contribution in [0.2, 0.25) is 0 Å². The van der Waals surface area contributed by atoms with Gasteiger partial charge in [-0.3, -0.25) is 4.79 Å². The first kappa shape index (κ1) is 16.0. The summed E-state index contributed by atoms with van der Waals surface area (Å²) in [6.07, 6.45) is 0.624. The predicted octanol–water partition coefficient (Wildman–Crippen LogP) is 2.76. The molecule has 0 spiro atoms. The van der Waals surface area contributed by atoms with Crippen molar-refractivity contribution in [1.82, 2.24) is 4.90 Å². The maximum atomic E-state index is 11.8. The quantitative estimate of drug-likeness (QED) is 0.923. The van der Waals surface area contributed by atoms with Crippen molar-refractivity contribution in [3.05, 3.63) is 35.9 Å². The van der Waals surface area contributed by atoms with Crippen LogP contribution in [0.3, 0.4) is 0 Å². The van der Waals surface area contributed by atoms with Gasteiger partial charge in [0, 0.05) is 13.1 Å². The summed E-state index contributed by atoms with van der Waals surface area (Å²) in [5.41, 5.74) is 0.941. The fourth-order valence-electron chi connectivity index (χ4n) is 2.12. The molecule has 0 aliphatic carbocycles. The standard InChI is InChI=1S/C14H17NO4.CH4/c16-13(17)12-6-8-15(9-7-12)14(18)19-10-11-4-2-1-3-5-11;/h1-5,12H,6-10H2,(H,16,17);1H4. The molecule has 0 unspecified atom stereocenters. The molecular weight excluding hydrogens is 258 g/mol. The van der Waals surface area contributed by atoms with Crippen LogP contribution in [0.1, 0.15) is 25.8 Å². The van der Waals surface area contributed by atoms with Crippen LogP contribution in [0, 0.1) is 5.92 Å². The maximum absolute atomic E-state index is 11.8. The molecular formula is C15H21NO4. The number of carboxylic acid groups (broad SMARTS) is 1. The van der Waals surface area contributed by atoms with Crippen LogP contribution in [0.15, 0.2) is 30.3 Å². The largest absolute Gasteiger partial charge is 0.481 e. The number of hydrogen-bond acceptors (Lipinski definition) is 3. The van der Waals surface area contributed by atoms with Crippen LogP contribution in [0.4, 0.5) is 4.79 Å². The van der Waals surface area contributed by atoms with Crippen LogP contribution in [0.25, 0.3) is 0 Å². The van der Waals surface area contributed by atoms with Gasteiger partial charge in [-0.15, -0.1) is 0 Å². The van der Waals surface area contributed by atoms with Gasteiger partial charge >= 0.3 is 12.1 Å². The Morgan fingerprint density at radius 3 is 2.35 bits per heavy atom. The molecule has 20 heavy (non-hydrogen) atoms. The van der Waals surface area contributed by atoms with Gasteiger partial charge < -0.3 is 14.7 Å². The summed E-state index contributed by atoms with van der Waals surface area (Å²) < 4.78 is 5.20. The zero-order valence-electron chi connectivity index (χ0n) is 10.6. The third kappa shape index (κ3) is 4.26. The number of carbonyl (C=O) groups is 2. The molecule has 1 aromatic carbocycles. The second kappa shape index (κ2) is 7.53. The maximum Gasteiger partial charge on any atom is 0.410 e.